The molecule has 0 bridgehead atoms. The monoisotopic (exact) mass is 549 g/mol. The van der Waals surface area contributed by atoms with Gasteiger partial charge in [-0.3, -0.25) is 19.2 Å². The van der Waals surface area contributed by atoms with Crippen molar-refractivity contribution in [2.24, 2.45) is 0 Å². The van der Waals surface area contributed by atoms with Gasteiger partial charge in [-0.2, -0.15) is 0 Å². The standard InChI is InChI=1S/C35H39N3O3/c1-3-4-5-6-16-23-31-25-37(26-32(41-31)38-24-27(2)33(39)36-34(38)40)35(28-17-10-7-11-18-28,29-19-12-8-13-20-29)30-21-14-9-15-22-30/h3,7-15,17-22,24,31-32H,1,4-6,16,23,25-26H2,2H3,(H,36,39,40). The molecule has 212 valence electrons. The summed E-state index contributed by atoms with van der Waals surface area (Å²) < 4.78 is 8.22. The Morgan fingerprint density at radius 2 is 1.41 bits per heavy atom. The fourth-order valence-electron chi connectivity index (χ4n) is 6.13. The van der Waals surface area contributed by atoms with Crippen molar-refractivity contribution in [2.75, 3.05) is 13.1 Å². The molecule has 1 aliphatic heterocycles. The normalized spacial score (nSPS) is 17.8. The average molecular weight is 550 g/mol. The molecular formula is C35H39N3O3. The summed E-state index contributed by atoms with van der Waals surface area (Å²) in [6.07, 6.45) is 8.01. The van der Waals surface area contributed by atoms with Gasteiger partial charge < -0.3 is 4.74 Å². The number of aromatic amines is 1. The van der Waals surface area contributed by atoms with Gasteiger partial charge in [-0.15, -0.1) is 6.58 Å². The lowest BCUT2D eigenvalue weighted by molar-refractivity contribution is -0.141. The molecular weight excluding hydrogens is 510 g/mol. The molecule has 0 aliphatic carbocycles. The fourth-order valence-corrected chi connectivity index (χ4v) is 6.13. The molecule has 0 amide bonds. The molecule has 2 atom stereocenters. The Bertz CT molecular complexity index is 1430. The Hall–Kier alpha value is -4.00. The van der Waals surface area contributed by atoms with Crippen LogP contribution in [0.3, 0.4) is 0 Å². The number of aromatic nitrogens is 2. The zero-order chi connectivity index (χ0) is 28.7. The number of hydrogen-bond donors (Lipinski definition) is 1. The van der Waals surface area contributed by atoms with E-state index in [0.29, 0.717) is 18.7 Å². The van der Waals surface area contributed by atoms with Crippen LogP contribution in [0.25, 0.3) is 0 Å². The van der Waals surface area contributed by atoms with E-state index in [1.165, 1.54) is 0 Å². The lowest BCUT2D eigenvalue weighted by Gasteiger charge is -2.50. The Kier molecular flexibility index (Phi) is 9.12. The van der Waals surface area contributed by atoms with E-state index in [9.17, 15) is 9.59 Å². The molecule has 1 N–H and O–H groups in total. The summed E-state index contributed by atoms with van der Waals surface area (Å²) in [6.45, 7) is 6.71. The molecule has 3 aromatic carbocycles. The molecule has 0 spiro atoms. The molecule has 1 aromatic heterocycles. The fraction of sp³-hybridized carbons (Fsp3) is 0.314. The second kappa shape index (κ2) is 13.1. The minimum Gasteiger partial charge on any atom is -0.352 e. The molecule has 6 heteroatoms. The number of ether oxygens (including phenoxy) is 1. The summed E-state index contributed by atoms with van der Waals surface area (Å²) in [7, 11) is 0. The summed E-state index contributed by atoms with van der Waals surface area (Å²) in [5, 5.41) is 0. The van der Waals surface area contributed by atoms with Crippen molar-refractivity contribution in [3.8, 4) is 0 Å². The minimum absolute atomic E-state index is 0.105. The van der Waals surface area contributed by atoms with Crippen molar-refractivity contribution in [2.45, 2.75) is 56.9 Å². The van der Waals surface area contributed by atoms with Crippen molar-refractivity contribution in [1.29, 1.82) is 0 Å². The topological polar surface area (TPSA) is 67.3 Å². The first-order chi connectivity index (χ1) is 20.0. The molecule has 4 aromatic rings. The highest BCUT2D eigenvalue weighted by Crippen LogP contribution is 2.44. The van der Waals surface area contributed by atoms with Gasteiger partial charge in [0, 0.05) is 24.8 Å². The van der Waals surface area contributed by atoms with Crippen LogP contribution in [0.15, 0.2) is 119 Å². The van der Waals surface area contributed by atoms with Gasteiger partial charge in [-0.05, 0) is 42.9 Å². The van der Waals surface area contributed by atoms with Crippen LogP contribution in [0.2, 0.25) is 0 Å². The SMILES string of the molecule is C=CCCCCCC1CN(C(c2ccccc2)(c2ccccc2)c2ccccc2)CC(n2cc(C)c(=O)[nH]c2=O)O1. The zero-order valence-electron chi connectivity index (χ0n) is 23.7. The highest BCUT2D eigenvalue weighted by molar-refractivity contribution is 5.49. The quantitative estimate of drug-likeness (QED) is 0.138. The lowest BCUT2D eigenvalue weighted by Crippen LogP contribution is -2.57. The van der Waals surface area contributed by atoms with Crippen molar-refractivity contribution < 1.29 is 4.74 Å². The molecule has 6 nitrogen and oxygen atoms in total. The van der Waals surface area contributed by atoms with Gasteiger partial charge in [-0.1, -0.05) is 110 Å². The third-order valence-electron chi connectivity index (χ3n) is 8.09. The third kappa shape index (κ3) is 6.04. The number of nitrogens with one attached hydrogen (secondary N) is 1. The summed E-state index contributed by atoms with van der Waals surface area (Å²) >= 11 is 0. The van der Waals surface area contributed by atoms with Gasteiger partial charge in [-0.25, -0.2) is 4.79 Å². The maximum absolute atomic E-state index is 13.1. The van der Waals surface area contributed by atoms with Crippen LogP contribution in [-0.4, -0.2) is 33.6 Å². The number of aryl methyl sites for hydroxylation is 1. The Labute approximate surface area is 241 Å². The van der Waals surface area contributed by atoms with Crippen LogP contribution in [-0.2, 0) is 10.3 Å². The summed E-state index contributed by atoms with van der Waals surface area (Å²) in [5.41, 5.74) is 2.46. The van der Waals surface area contributed by atoms with E-state index in [1.807, 2.05) is 24.3 Å². The summed E-state index contributed by atoms with van der Waals surface area (Å²) in [6, 6.07) is 31.7. The van der Waals surface area contributed by atoms with Crippen LogP contribution in [0.1, 0.15) is 60.6 Å². The van der Waals surface area contributed by atoms with Gasteiger partial charge in [0.1, 0.15) is 0 Å². The van der Waals surface area contributed by atoms with Gasteiger partial charge in [0.25, 0.3) is 5.56 Å². The summed E-state index contributed by atoms with van der Waals surface area (Å²) in [4.78, 5) is 30.3. The van der Waals surface area contributed by atoms with E-state index in [1.54, 1.807) is 17.7 Å². The first kappa shape index (κ1) is 28.5. The molecule has 1 fully saturated rings. The van der Waals surface area contributed by atoms with Crippen LogP contribution in [0, 0.1) is 6.92 Å². The third-order valence-corrected chi connectivity index (χ3v) is 8.09. The number of morpholine rings is 1. The zero-order valence-corrected chi connectivity index (χ0v) is 23.7. The first-order valence-electron chi connectivity index (χ1n) is 14.5. The molecule has 1 aliphatic rings. The Balaban J connectivity index is 1.66. The minimum atomic E-state index is -0.631. The van der Waals surface area contributed by atoms with Gasteiger partial charge >= 0.3 is 5.69 Å². The predicted octanol–water partition coefficient (Wildman–Crippen LogP) is 6.17. The number of rotatable bonds is 11. The number of H-pyrrole nitrogens is 1. The van der Waals surface area contributed by atoms with Crippen LogP contribution < -0.4 is 11.2 Å². The smallest absolute Gasteiger partial charge is 0.330 e. The maximum atomic E-state index is 13.1. The van der Waals surface area contributed by atoms with Gasteiger partial charge in [0.15, 0.2) is 6.23 Å². The average Bonchev–Trinajstić information content (AvgIpc) is 3.01. The highest BCUT2D eigenvalue weighted by Gasteiger charge is 2.46. The van der Waals surface area contributed by atoms with Crippen molar-refractivity contribution in [1.82, 2.24) is 14.5 Å². The second-order valence-electron chi connectivity index (χ2n) is 10.8. The molecule has 0 radical (unpaired) electrons. The van der Waals surface area contributed by atoms with E-state index in [2.05, 4.69) is 89.3 Å². The van der Waals surface area contributed by atoms with E-state index in [0.717, 1.165) is 48.8 Å². The lowest BCUT2D eigenvalue weighted by atomic mass is 9.75. The van der Waals surface area contributed by atoms with E-state index in [-0.39, 0.29) is 11.7 Å². The van der Waals surface area contributed by atoms with E-state index < -0.39 is 17.5 Å². The van der Waals surface area contributed by atoms with Crippen LogP contribution in [0.5, 0.6) is 0 Å². The van der Waals surface area contributed by atoms with E-state index in [4.69, 9.17) is 4.74 Å². The molecule has 5 rings (SSSR count). The highest BCUT2D eigenvalue weighted by atomic mass is 16.5. The second-order valence-corrected chi connectivity index (χ2v) is 10.8. The predicted molar refractivity (Wildman–Crippen MR) is 164 cm³/mol. The molecule has 2 unspecified atom stereocenters. The Morgan fingerprint density at radius 1 is 0.854 bits per heavy atom. The van der Waals surface area contributed by atoms with Crippen molar-refractivity contribution in [3.63, 3.8) is 0 Å². The number of hydrogen-bond acceptors (Lipinski definition) is 4. The van der Waals surface area contributed by atoms with Crippen molar-refractivity contribution >= 4 is 0 Å². The Morgan fingerprint density at radius 3 is 1.95 bits per heavy atom. The molecule has 2 heterocycles. The molecule has 0 saturated carbocycles. The van der Waals surface area contributed by atoms with Crippen molar-refractivity contribution in [3.05, 3.63) is 153 Å². The van der Waals surface area contributed by atoms with Crippen LogP contribution >= 0.6 is 0 Å². The van der Waals surface area contributed by atoms with Gasteiger partial charge in [0.05, 0.1) is 11.6 Å². The molecule has 1 saturated heterocycles. The largest absolute Gasteiger partial charge is 0.352 e. The maximum Gasteiger partial charge on any atom is 0.330 e. The molecule has 41 heavy (non-hydrogen) atoms. The van der Waals surface area contributed by atoms with Gasteiger partial charge in [0.2, 0.25) is 0 Å². The number of allylic oxidation sites excluding steroid dienone is 1. The van der Waals surface area contributed by atoms with Crippen LogP contribution in [0.4, 0.5) is 0 Å². The number of benzene rings is 3. The summed E-state index contributed by atoms with van der Waals surface area (Å²) in [5.74, 6) is 0. The first-order valence-corrected chi connectivity index (χ1v) is 14.5. The van der Waals surface area contributed by atoms with E-state index >= 15 is 0 Å². The number of nitrogens with zero attached hydrogens (tertiary/aromatic N) is 2. The number of unbranched alkanes of at least 4 members (excludes halogenated alkanes) is 3.